The molecule has 96 valence electrons. The Labute approximate surface area is 104 Å². The maximum Gasteiger partial charge on any atom is 0.140 e. The van der Waals surface area contributed by atoms with E-state index in [0.29, 0.717) is 11.9 Å². The highest BCUT2D eigenvalue weighted by Gasteiger charge is 2.11. The van der Waals surface area contributed by atoms with E-state index in [9.17, 15) is 0 Å². The molecular weight excluding hydrogens is 212 g/mol. The molecule has 1 rings (SSSR count). The van der Waals surface area contributed by atoms with E-state index in [-0.39, 0.29) is 0 Å². The first-order valence-corrected chi connectivity index (χ1v) is 6.14. The summed E-state index contributed by atoms with van der Waals surface area (Å²) >= 11 is 0. The molecule has 0 spiro atoms. The summed E-state index contributed by atoms with van der Waals surface area (Å²) in [6, 6.07) is 4.59. The minimum atomic E-state index is 0.581. The van der Waals surface area contributed by atoms with Gasteiger partial charge in [-0.05, 0) is 44.0 Å². The van der Waals surface area contributed by atoms with Gasteiger partial charge < -0.3 is 5.43 Å². The van der Waals surface area contributed by atoms with Crippen LogP contribution in [-0.2, 0) is 6.54 Å². The van der Waals surface area contributed by atoms with Crippen LogP contribution in [0.4, 0.5) is 5.82 Å². The number of nitrogen functional groups attached to an aromatic ring is 1. The van der Waals surface area contributed by atoms with Crippen LogP contribution in [0.15, 0.2) is 18.3 Å². The molecule has 0 aliphatic rings. The van der Waals surface area contributed by atoms with Crippen LogP contribution in [0.3, 0.4) is 0 Å². The first kappa shape index (κ1) is 13.9. The predicted octanol–water partition coefficient (Wildman–Crippen LogP) is 2.23. The quantitative estimate of drug-likeness (QED) is 0.587. The van der Waals surface area contributed by atoms with E-state index in [1.165, 1.54) is 12.0 Å². The number of hydrogen-bond donors (Lipinski definition) is 2. The number of hydrazine groups is 1. The zero-order valence-electron chi connectivity index (χ0n) is 11.3. The maximum absolute atomic E-state index is 5.35. The minimum absolute atomic E-state index is 0.581. The Bertz CT molecular complexity index is 338. The molecule has 4 nitrogen and oxygen atoms in total. The molecule has 1 aromatic rings. The van der Waals surface area contributed by atoms with E-state index in [1.807, 2.05) is 12.1 Å². The molecule has 0 bridgehead atoms. The van der Waals surface area contributed by atoms with Gasteiger partial charge in [-0.1, -0.05) is 13.8 Å². The molecule has 4 heteroatoms. The molecule has 0 aliphatic heterocycles. The lowest BCUT2D eigenvalue weighted by atomic mass is 10.0. The zero-order valence-corrected chi connectivity index (χ0v) is 11.3. The van der Waals surface area contributed by atoms with Crippen molar-refractivity contribution in [1.82, 2.24) is 9.88 Å². The Kier molecular flexibility index (Phi) is 5.38. The number of aromatic nitrogens is 1. The highest BCUT2D eigenvalue weighted by molar-refractivity contribution is 5.35. The summed E-state index contributed by atoms with van der Waals surface area (Å²) in [5, 5.41) is 0. The molecule has 0 amide bonds. The van der Waals surface area contributed by atoms with Crippen molar-refractivity contribution in [3.05, 3.63) is 23.9 Å². The Morgan fingerprint density at radius 1 is 1.41 bits per heavy atom. The normalized spacial score (nSPS) is 13.1. The Balaban J connectivity index is 2.57. The number of nitrogens with zero attached hydrogens (tertiary/aromatic N) is 2. The lowest BCUT2D eigenvalue weighted by Gasteiger charge is -2.26. The largest absolute Gasteiger partial charge is 0.308 e. The number of nitrogens with two attached hydrogens (primary N) is 1. The topological polar surface area (TPSA) is 54.2 Å². The summed E-state index contributed by atoms with van der Waals surface area (Å²) in [6.07, 6.45) is 3.00. The molecule has 0 aliphatic carbocycles. The second-order valence-corrected chi connectivity index (χ2v) is 5.09. The van der Waals surface area contributed by atoms with Gasteiger partial charge in [-0.15, -0.1) is 0 Å². The van der Waals surface area contributed by atoms with Gasteiger partial charge >= 0.3 is 0 Å². The van der Waals surface area contributed by atoms with E-state index in [4.69, 9.17) is 5.84 Å². The summed E-state index contributed by atoms with van der Waals surface area (Å²) in [4.78, 5) is 6.46. The second kappa shape index (κ2) is 6.57. The molecule has 1 unspecified atom stereocenters. The van der Waals surface area contributed by atoms with Crippen molar-refractivity contribution >= 4 is 5.82 Å². The van der Waals surface area contributed by atoms with E-state index in [1.54, 1.807) is 6.20 Å². The first-order valence-electron chi connectivity index (χ1n) is 6.14. The van der Waals surface area contributed by atoms with Crippen LogP contribution in [0.5, 0.6) is 0 Å². The number of nitrogens with one attached hydrogen (secondary N) is 1. The lowest BCUT2D eigenvalue weighted by Crippen LogP contribution is -2.29. The van der Waals surface area contributed by atoms with Crippen molar-refractivity contribution in [2.24, 2.45) is 11.8 Å². The van der Waals surface area contributed by atoms with Gasteiger partial charge in [0.1, 0.15) is 5.82 Å². The van der Waals surface area contributed by atoms with Crippen LogP contribution >= 0.6 is 0 Å². The van der Waals surface area contributed by atoms with E-state index >= 15 is 0 Å². The van der Waals surface area contributed by atoms with Crippen LogP contribution in [0.2, 0.25) is 0 Å². The second-order valence-electron chi connectivity index (χ2n) is 5.09. The van der Waals surface area contributed by atoms with Crippen LogP contribution < -0.4 is 11.3 Å². The third-order valence-corrected chi connectivity index (χ3v) is 2.97. The predicted molar refractivity (Wildman–Crippen MR) is 72.4 cm³/mol. The van der Waals surface area contributed by atoms with Crippen molar-refractivity contribution in [3.63, 3.8) is 0 Å². The van der Waals surface area contributed by atoms with Gasteiger partial charge in [0.2, 0.25) is 0 Å². The summed E-state index contributed by atoms with van der Waals surface area (Å²) < 4.78 is 0. The van der Waals surface area contributed by atoms with Crippen molar-refractivity contribution in [2.45, 2.75) is 39.8 Å². The Morgan fingerprint density at radius 2 is 2.12 bits per heavy atom. The standard InChI is InChI=1S/C13H24N4/c1-10(2)7-11(3)17(4)9-12-5-6-15-13(8-12)16-14/h5-6,8,10-11H,7,9,14H2,1-4H3,(H,15,16). The molecule has 3 N–H and O–H groups in total. The minimum Gasteiger partial charge on any atom is -0.308 e. The van der Waals surface area contributed by atoms with Crippen molar-refractivity contribution in [2.75, 3.05) is 12.5 Å². The van der Waals surface area contributed by atoms with Crippen molar-refractivity contribution in [3.8, 4) is 0 Å². The zero-order chi connectivity index (χ0) is 12.8. The number of anilines is 1. The molecule has 0 radical (unpaired) electrons. The molecule has 0 fully saturated rings. The fourth-order valence-electron chi connectivity index (χ4n) is 1.96. The highest BCUT2D eigenvalue weighted by atomic mass is 15.2. The average molecular weight is 236 g/mol. The van der Waals surface area contributed by atoms with Gasteiger partial charge in [0, 0.05) is 18.8 Å². The van der Waals surface area contributed by atoms with E-state index in [2.05, 4.69) is 43.1 Å². The molecule has 1 heterocycles. The Morgan fingerprint density at radius 3 is 2.71 bits per heavy atom. The van der Waals surface area contributed by atoms with Gasteiger partial charge in [0.05, 0.1) is 0 Å². The first-order chi connectivity index (χ1) is 8.02. The van der Waals surface area contributed by atoms with Crippen LogP contribution in [0.25, 0.3) is 0 Å². The molecule has 17 heavy (non-hydrogen) atoms. The highest BCUT2D eigenvalue weighted by Crippen LogP contribution is 2.14. The van der Waals surface area contributed by atoms with Gasteiger partial charge in [0.25, 0.3) is 0 Å². The average Bonchev–Trinajstić information content (AvgIpc) is 2.28. The van der Waals surface area contributed by atoms with Crippen molar-refractivity contribution in [1.29, 1.82) is 0 Å². The number of rotatable bonds is 6. The molecule has 1 atom stereocenters. The summed E-state index contributed by atoms with van der Waals surface area (Å²) in [7, 11) is 2.16. The number of pyridine rings is 1. The lowest BCUT2D eigenvalue weighted by molar-refractivity contribution is 0.220. The van der Waals surface area contributed by atoms with Crippen LogP contribution in [-0.4, -0.2) is 23.0 Å². The third kappa shape index (κ3) is 4.71. The molecule has 0 aromatic carbocycles. The third-order valence-electron chi connectivity index (χ3n) is 2.97. The SMILES string of the molecule is CC(C)CC(C)N(C)Cc1ccnc(NN)c1. The molecule has 0 saturated carbocycles. The fourth-order valence-corrected chi connectivity index (χ4v) is 1.96. The van der Waals surface area contributed by atoms with E-state index in [0.717, 1.165) is 12.5 Å². The van der Waals surface area contributed by atoms with Gasteiger partial charge in [-0.3, -0.25) is 4.90 Å². The van der Waals surface area contributed by atoms with Crippen molar-refractivity contribution < 1.29 is 0 Å². The molecule has 1 aromatic heterocycles. The summed E-state index contributed by atoms with van der Waals surface area (Å²) in [5.41, 5.74) is 3.80. The van der Waals surface area contributed by atoms with Gasteiger partial charge in [0.15, 0.2) is 0 Å². The smallest absolute Gasteiger partial charge is 0.140 e. The van der Waals surface area contributed by atoms with Crippen LogP contribution in [0, 0.1) is 5.92 Å². The Hall–Kier alpha value is -1.13. The fraction of sp³-hybridized carbons (Fsp3) is 0.615. The summed E-state index contributed by atoms with van der Waals surface area (Å²) in [5.74, 6) is 6.79. The van der Waals surface area contributed by atoms with Gasteiger partial charge in [-0.25, -0.2) is 10.8 Å². The molecular formula is C13H24N4. The molecule has 0 saturated heterocycles. The number of hydrogen-bond acceptors (Lipinski definition) is 4. The van der Waals surface area contributed by atoms with Crippen LogP contribution in [0.1, 0.15) is 32.8 Å². The maximum atomic E-state index is 5.35. The summed E-state index contributed by atoms with van der Waals surface area (Å²) in [6.45, 7) is 7.70. The monoisotopic (exact) mass is 236 g/mol. The van der Waals surface area contributed by atoms with E-state index < -0.39 is 0 Å². The van der Waals surface area contributed by atoms with Gasteiger partial charge in [-0.2, -0.15) is 0 Å².